The highest BCUT2D eigenvalue weighted by Crippen LogP contribution is 2.26. The van der Waals surface area contributed by atoms with Crippen LogP contribution in [0, 0.1) is 10.1 Å². The number of hydrogen-bond acceptors (Lipinski definition) is 4. The largest absolute Gasteiger partial charge is 0.323 e. The molecule has 0 atom stereocenters. The Morgan fingerprint density at radius 2 is 1.76 bits per heavy atom. The van der Waals surface area contributed by atoms with Gasteiger partial charge in [0, 0.05) is 37.5 Å². The van der Waals surface area contributed by atoms with Gasteiger partial charge in [0.2, 0.25) is 5.91 Å². The molecule has 0 aliphatic rings. The lowest BCUT2D eigenvalue weighted by molar-refractivity contribution is -0.384. The maximum Gasteiger partial charge on any atom is 0.323 e. The molecule has 0 aliphatic carbocycles. The summed E-state index contributed by atoms with van der Waals surface area (Å²) in [6.45, 7) is 1.45. The van der Waals surface area contributed by atoms with E-state index in [2.05, 4.69) is 10.6 Å². The number of nitro benzene ring substituents is 1. The number of carbonyl (C=O) groups excluding carboxylic acids is 2. The van der Waals surface area contributed by atoms with Gasteiger partial charge in [-0.3, -0.25) is 14.9 Å². The molecule has 8 nitrogen and oxygen atoms in total. The van der Waals surface area contributed by atoms with Crippen molar-refractivity contribution >= 4 is 46.3 Å². The standard InChI is InChI=1S/C16H15ClN4O4/c1-10(22)20(2)12-5-3-11(4-6-12)18-16(23)19-15-8-7-13(21(24)25)9-14(15)17/h3-9H,1-2H3,(H2,18,19,23). The number of carbonyl (C=O) groups is 2. The molecule has 130 valence electrons. The summed E-state index contributed by atoms with van der Waals surface area (Å²) in [4.78, 5) is 34.9. The molecule has 3 amide bonds. The first-order valence-electron chi connectivity index (χ1n) is 7.14. The Bertz CT molecular complexity index is 823. The van der Waals surface area contributed by atoms with Crippen LogP contribution < -0.4 is 15.5 Å². The van der Waals surface area contributed by atoms with Crippen molar-refractivity contribution in [1.29, 1.82) is 0 Å². The smallest absolute Gasteiger partial charge is 0.316 e. The van der Waals surface area contributed by atoms with Crippen molar-refractivity contribution in [2.45, 2.75) is 6.92 Å². The summed E-state index contributed by atoms with van der Waals surface area (Å²) in [6, 6.07) is 9.87. The van der Waals surface area contributed by atoms with E-state index in [1.165, 1.54) is 24.0 Å². The van der Waals surface area contributed by atoms with Gasteiger partial charge in [-0.15, -0.1) is 0 Å². The van der Waals surface area contributed by atoms with Crippen molar-refractivity contribution in [3.8, 4) is 0 Å². The molecule has 2 aromatic carbocycles. The van der Waals surface area contributed by atoms with Crippen LogP contribution in [0.1, 0.15) is 6.92 Å². The zero-order valence-electron chi connectivity index (χ0n) is 13.4. The lowest BCUT2D eigenvalue weighted by atomic mass is 10.2. The predicted molar refractivity (Wildman–Crippen MR) is 96.3 cm³/mol. The van der Waals surface area contributed by atoms with Gasteiger partial charge in [-0.2, -0.15) is 0 Å². The molecule has 2 rings (SSSR count). The van der Waals surface area contributed by atoms with E-state index in [-0.39, 0.29) is 22.3 Å². The highest BCUT2D eigenvalue weighted by atomic mass is 35.5. The van der Waals surface area contributed by atoms with E-state index in [9.17, 15) is 19.7 Å². The maximum absolute atomic E-state index is 12.0. The van der Waals surface area contributed by atoms with E-state index in [4.69, 9.17) is 11.6 Å². The van der Waals surface area contributed by atoms with Crippen LogP contribution in [0.2, 0.25) is 5.02 Å². The molecule has 25 heavy (non-hydrogen) atoms. The molecular formula is C16H15ClN4O4. The number of urea groups is 1. The van der Waals surface area contributed by atoms with E-state index >= 15 is 0 Å². The van der Waals surface area contributed by atoms with Gasteiger partial charge in [0.15, 0.2) is 0 Å². The van der Waals surface area contributed by atoms with Crippen LogP contribution >= 0.6 is 11.6 Å². The van der Waals surface area contributed by atoms with Gasteiger partial charge in [-0.1, -0.05) is 11.6 Å². The third-order valence-corrected chi connectivity index (χ3v) is 3.71. The number of hydrogen-bond donors (Lipinski definition) is 2. The third-order valence-electron chi connectivity index (χ3n) is 3.40. The number of nitro groups is 1. The molecule has 0 aromatic heterocycles. The zero-order chi connectivity index (χ0) is 18.6. The molecule has 0 radical (unpaired) electrons. The lowest BCUT2D eigenvalue weighted by Crippen LogP contribution is -2.23. The molecule has 2 aromatic rings. The molecule has 0 bridgehead atoms. The second kappa shape index (κ2) is 7.63. The third kappa shape index (κ3) is 4.67. The fourth-order valence-electron chi connectivity index (χ4n) is 1.95. The minimum absolute atomic E-state index is 0.0581. The van der Waals surface area contributed by atoms with Crippen LogP contribution in [0.4, 0.5) is 27.5 Å². The molecule has 0 unspecified atom stereocenters. The molecule has 9 heteroatoms. The number of halogens is 1. The molecule has 2 N–H and O–H groups in total. The topological polar surface area (TPSA) is 105 Å². The van der Waals surface area contributed by atoms with Gasteiger partial charge >= 0.3 is 6.03 Å². The maximum atomic E-state index is 12.0. The highest BCUT2D eigenvalue weighted by molar-refractivity contribution is 6.34. The summed E-state index contributed by atoms with van der Waals surface area (Å²) in [7, 11) is 1.65. The Morgan fingerprint density at radius 1 is 1.12 bits per heavy atom. The molecule has 0 fully saturated rings. The Labute approximate surface area is 148 Å². The van der Waals surface area contributed by atoms with Crippen molar-refractivity contribution in [2.24, 2.45) is 0 Å². The quantitative estimate of drug-likeness (QED) is 0.636. The van der Waals surface area contributed by atoms with Gasteiger partial charge in [0.05, 0.1) is 15.6 Å². The van der Waals surface area contributed by atoms with Crippen molar-refractivity contribution in [3.63, 3.8) is 0 Å². The second-order valence-electron chi connectivity index (χ2n) is 5.13. The van der Waals surface area contributed by atoms with Crippen LogP contribution in [-0.4, -0.2) is 23.9 Å². The first kappa shape index (κ1) is 18.2. The number of rotatable bonds is 4. The predicted octanol–water partition coefficient (Wildman–Crippen LogP) is 3.87. The molecule has 0 saturated carbocycles. The van der Waals surface area contributed by atoms with Crippen molar-refractivity contribution in [3.05, 3.63) is 57.6 Å². The number of nitrogens with one attached hydrogen (secondary N) is 2. The minimum atomic E-state index is -0.574. The average molecular weight is 363 g/mol. The van der Waals surface area contributed by atoms with Crippen molar-refractivity contribution in [2.75, 3.05) is 22.6 Å². The lowest BCUT2D eigenvalue weighted by Gasteiger charge is -2.15. The normalized spacial score (nSPS) is 10.0. The SMILES string of the molecule is CC(=O)N(C)c1ccc(NC(=O)Nc2ccc([N+](=O)[O-])cc2Cl)cc1. The summed E-state index contributed by atoms with van der Waals surface area (Å²) in [6.07, 6.45) is 0. The summed E-state index contributed by atoms with van der Waals surface area (Å²) in [5, 5.41) is 15.8. The number of non-ortho nitro benzene ring substituents is 1. The number of benzene rings is 2. The van der Waals surface area contributed by atoms with Crippen LogP contribution in [0.5, 0.6) is 0 Å². The first-order valence-corrected chi connectivity index (χ1v) is 7.52. The molecule has 0 saturated heterocycles. The Kier molecular flexibility index (Phi) is 5.56. The average Bonchev–Trinajstić information content (AvgIpc) is 2.56. The van der Waals surface area contributed by atoms with Crippen LogP contribution in [-0.2, 0) is 4.79 Å². The number of anilines is 3. The van der Waals surface area contributed by atoms with Gasteiger partial charge in [-0.25, -0.2) is 4.79 Å². The summed E-state index contributed by atoms with van der Waals surface area (Å²) in [5.41, 5.74) is 1.28. The molecular weight excluding hydrogens is 348 g/mol. The Hall–Kier alpha value is -3.13. The Balaban J connectivity index is 2.03. The van der Waals surface area contributed by atoms with Gasteiger partial charge < -0.3 is 15.5 Å². The van der Waals surface area contributed by atoms with E-state index in [0.717, 1.165) is 6.07 Å². The van der Waals surface area contributed by atoms with E-state index in [1.54, 1.807) is 31.3 Å². The molecule has 0 aliphatic heterocycles. The fourth-order valence-corrected chi connectivity index (χ4v) is 2.18. The van der Waals surface area contributed by atoms with Gasteiger partial charge in [0.1, 0.15) is 0 Å². The second-order valence-corrected chi connectivity index (χ2v) is 5.53. The van der Waals surface area contributed by atoms with E-state index in [0.29, 0.717) is 11.4 Å². The van der Waals surface area contributed by atoms with Crippen LogP contribution in [0.25, 0.3) is 0 Å². The summed E-state index contributed by atoms with van der Waals surface area (Å²) in [5.74, 6) is -0.105. The van der Waals surface area contributed by atoms with Crippen LogP contribution in [0.15, 0.2) is 42.5 Å². The van der Waals surface area contributed by atoms with Crippen molar-refractivity contribution < 1.29 is 14.5 Å². The van der Waals surface area contributed by atoms with Gasteiger partial charge in [0.25, 0.3) is 5.69 Å². The zero-order valence-corrected chi connectivity index (χ0v) is 14.2. The van der Waals surface area contributed by atoms with Gasteiger partial charge in [-0.05, 0) is 30.3 Å². The molecule has 0 spiro atoms. The van der Waals surface area contributed by atoms with Crippen LogP contribution in [0.3, 0.4) is 0 Å². The van der Waals surface area contributed by atoms with E-state index in [1.807, 2.05) is 0 Å². The van der Waals surface area contributed by atoms with E-state index < -0.39 is 11.0 Å². The van der Waals surface area contributed by atoms with Crippen molar-refractivity contribution in [1.82, 2.24) is 0 Å². The molecule has 0 heterocycles. The summed E-state index contributed by atoms with van der Waals surface area (Å²) < 4.78 is 0. The first-order chi connectivity index (χ1) is 11.8. The monoisotopic (exact) mass is 362 g/mol. The number of amides is 3. The number of nitrogens with zero attached hydrogens (tertiary/aromatic N) is 2. The highest BCUT2D eigenvalue weighted by Gasteiger charge is 2.12. The Morgan fingerprint density at radius 3 is 2.28 bits per heavy atom. The fraction of sp³-hybridized carbons (Fsp3) is 0.125. The summed E-state index contributed by atoms with van der Waals surface area (Å²) >= 11 is 5.92. The minimum Gasteiger partial charge on any atom is -0.316 e.